The van der Waals surface area contributed by atoms with E-state index in [2.05, 4.69) is 5.32 Å². The molecular formula is C21H22N2O5. The van der Waals surface area contributed by atoms with E-state index in [9.17, 15) is 14.4 Å². The molecule has 7 heteroatoms. The predicted octanol–water partition coefficient (Wildman–Crippen LogP) is 3.11. The molecule has 0 spiro atoms. The van der Waals surface area contributed by atoms with Crippen LogP contribution in [0.4, 0.5) is 5.69 Å². The number of anilines is 1. The van der Waals surface area contributed by atoms with Crippen LogP contribution in [0.15, 0.2) is 42.5 Å². The van der Waals surface area contributed by atoms with Gasteiger partial charge in [-0.05, 0) is 38.1 Å². The molecule has 3 amide bonds. The van der Waals surface area contributed by atoms with Gasteiger partial charge in [-0.2, -0.15) is 0 Å². The van der Waals surface area contributed by atoms with Gasteiger partial charge in [0.15, 0.2) is 11.5 Å². The fourth-order valence-electron chi connectivity index (χ4n) is 3.04. The predicted molar refractivity (Wildman–Crippen MR) is 104 cm³/mol. The molecule has 1 N–H and O–H groups in total. The second kappa shape index (κ2) is 8.56. The van der Waals surface area contributed by atoms with Crippen molar-refractivity contribution >= 4 is 23.4 Å². The highest BCUT2D eigenvalue weighted by Crippen LogP contribution is 2.35. The third-order valence-electron chi connectivity index (χ3n) is 4.28. The lowest BCUT2D eigenvalue weighted by Gasteiger charge is -2.17. The number of carbonyl (C=O) groups excluding carboxylic acids is 3. The van der Waals surface area contributed by atoms with E-state index in [-0.39, 0.29) is 30.7 Å². The zero-order valence-electron chi connectivity index (χ0n) is 15.9. The van der Waals surface area contributed by atoms with Gasteiger partial charge in [0.1, 0.15) is 0 Å². The summed E-state index contributed by atoms with van der Waals surface area (Å²) < 4.78 is 11.2. The molecule has 1 aliphatic rings. The van der Waals surface area contributed by atoms with Crippen molar-refractivity contribution in [3.05, 3.63) is 53.6 Å². The van der Waals surface area contributed by atoms with Crippen LogP contribution in [0, 0.1) is 0 Å². The molecule has 0 unspecified atom stereocenters. The average molecular weight is 382 g/mol. The van der Waals surface area contributed by atoms with Crippen molar-refractivity contribution in [1.29, 1.82) is 0 Å². The summed E-state index contributed by atoms with van der Waals surface area (Å²) in [5.74, 6) is -0.0712. The minimum Gasteiger partial charge on any atom is -0.490 e. The summed E-state index contributed by atoms with van der Waals surface area (Å²) in [6, 6.07) is 11.9. The number of rotatable bonds is 8. The molecule has 0 saturated heterocycles. The van der Waals surface area contributed by atoms with E-state index in [0.717, 1.165) is 4.90 Å². The number of hydrogen-bond donors (Lipinski definition) is 1. The normalized spacial score (nSPS) is 12.7. The van der Waals surface area contributed by atoms with E-state index < -0.39 is 0 Å². The first-order valence-corrected chi connectivity index (χ1v) is 9.20. The van der Waals surface area contributed by atoms with Crippen molar-refractivity contribution < 1.29 is 23.9 Å². The van der Waals surface area contributed by atoms with Crippen molar-refractivity contribution in [2.75, 3.05) is 25.1 Å². The van der Waals surface area contributed by atoms with Crippen molar-refractivity contribution in [1.82, 2.24) is 4.90 Å². The molecule has 0 bridgehead atoms. The zero-order valence-corrected chi connectivity index (χ0v) is 15.9. The zero-order chi connectivity index (χ0) is 20.1. The van der Waals surface area contributed by atoms with Crippen molar-refractivity contribution in [2.24, 2.45) is 0 Å². The Morgan fingerprint density at radius 1 is 0.929 bits per heavy atom. The van der Waals surface area contributed by atoms with Crippen molar-refractivity contribution in [3.63, 3.8) is 0 Å². The summed E-state index contributed by atoms with van der Waals surface area (Å²) >= 11 is 0. The second-order valence-electron chi connectivity index (χ2n) is 6.10. The number of nitrogens with one attached hydrogen (secondary N) is 1. The number of nitrogens with zero attached hydrogens (tertiary/aromatic N) is 1. The van der Waals surface area contributed by atoms with Crippen LogP contribution in [0.1, 0.15) is 41.0 Å². The Morgan fingerprint density at radius 2 is 1.57 bits per heavy atom. The monoisotopic (exact) mass is 382 g/mol. The van der Waals surface area contributed by atoms with Crippen LogP contribution in [-0.4, -0.2) is 42.4 Å². The van der Waals surface area contributed by atoms with Crippen LogP contribution in [0.3, 0.4) is 0 Å². The average Bonchev–Trinajstić information content (AvgIpc) is 2.93. The van der Waals surface area contributed by atoms with Gasteiger partial charge in [0.25, 0.3) is 11.8 Å². The van der Waals surface area contributed by atoms with E-state index in [1.807, 2.05) is 13.8 Å². The first-order chi connectivity index (χ1) is 13.6. The largest absolute Gasteiger partial charge is 0.490 e. The number of para-hydroxylation sites is 1. The fourth-order valence-corrected chi connectivity index (χ4v) is 3.04. The first-order valence-electron chi connectivity index (χ1n) is 9.20. The standard InChI is InChI=1S/C21H22N2O5/c1-3-27-17-11-7-10-16(19(17)28-4-2)22-18(24)12-13-23-20(25)14-8-5-6-9-15(14)21(23)26/h5-11H,3-4,12-13H2,1-2H3,(H,22,24). The maximum Gasteiger partial charge on any atom is 0.261 e. The summed E-state index contributed by atoms with van der Waals surface area (Å²) in [5.41, 5.74) is 1.23. The molecule has 1 heterocycles. The van der Waals surface area contributed by atoms with Crippen molar-refractivity contribution in [3.8, 4) is 11.5 Å². The van der Waals surface area contributed by atoms with Crippen LogP contribution in [0.5, 0.6) is 11.5 Å². The highest BCUT2D eigenvalue weighted by atomic mass is 16.5. The lowest BCUT2D eigenvalue weighted by Crippen LogP contribution is -2.32. The molecule has 2 aromatic carbocycles. The molecule has 2 aromatic rings. The number of amides is 3. The SMILES string of the molecule is CCOc1cccc(NC(=O)CCN2C(=O)c3ccccc3C2=O)c1OCC. The van der Waals surface area contributed by atoms with Crippen LogP contribution < -0.4 is 14.8 Å². The molecule has 0 saturated carbocycles. The van der Waals surface area contributed by atoms with Gasteiger partial charge < -0.3 is 14.8 Å². The third-order valence-corrected chi connectivity index (χ3v) is 4.28. The quantitative estimate of drug-likeness (QED) is 0.709. The number of fused-ring (bicyclic) bond motifs is 1. The van der Waals surface area contributed by atoms with Gasteiger partial charge in [0, 0.05) is 13.0 Å². The smallest absolute Gasteiger partial charge is 0.261 e. The maximum absolute atomic E-state index is 12.4. The molecular weight excluding hydrogens is 360 g/mol. The number of ether oxygens (including phenoxy) is 2. The molecule has 0 aromatic heterocycles. The van der Waals surface area contributed by atoms with E-state index in [1.54, 1.807) is 42.5 Å². The fraction of sp³-hybridized carbons (Fsp3) is 0.286. The number of imide groups is 1. The minimum atomic E-state index is -0.373. The Kier molecular flexibility index (Phi) is 5.93. The summed E-state index contributed by atoms with van der Waals surface area (Å²) in [6.45, 7) is 4.60. The van der Waals surface area contributed by atoms with Crippen LogP contribution in [-0.2, 0) is 4.79 Å². The lowest BCUT2D eigenvalue weighted by atomic mass is 10.1. The first kappa shape index (κ1) is 19.4. The summed E-state index contributed by atoms with van der Waals surface area (Å²) in [4.78, 5) is 38.3. The summed E-state index contributed by atoms with van der Waals surface area (Å²) in [5, 5.41) is 2.78. The lowest BCUT2D eigenvalue weighted by molar-refractivity contribution is -0.116. The number of carbonyl (C=O) groups is 3. The molecule has 1 aliphatic heterocycles. The van der Waals surface area contributed by atoms with E-state index in [0.29, 0.717) is 41.5 Å². The van der Waals surface area contributed by atoms with Gasteiger partial charge in [0.05, 0.1) is 30.0 Å². The second-order valence-corrected chi connectivity index (χ2v) is 6.10. The van der Waals surface area contributed by atoms with Gasteiger partial charge in [-0.1, -0.05) is 18.2 Å². The van der Waals surface area contributed by atoms with E-state index in [1.165, 1.54) is 0 Å². The van der Waals surface area contributed by atoms with E-state index >= 15 is 0 Å². The molecule has 3 rings (SSSR count). The van der Waals surface area contributed by atoms with Gasteiger partial charge in [-0.15, -0.1) is 0 Å². The molecule has 0 radical (unpaired) electrons. The van der Waals surface area contributed by atoms with E-state index in [4.69, 9.17) is 9.47 Å². The summed E-state index contributed by atoms with van der Waals surface area (Å²) in [7, 11) is 0. The van der Waals surface area contributed by atoms with Crippen LogP contribution >= 0.6 is 0 Å². The molecule has 0 aliphatic carbocycles. The van der Waals surface area contributed by atoms with Crippen LogP contribution in [0.25, 0.3) is 0 Å². The Labute approximate surface area is 163 Å². The summed E-state index contributed by atoms with van der Waals surface area (Å²) in [6.07, 6.45) is -0.0180. The van der Waals surface area contributed by atoms with Crippen LogP contribution in [0.2, 0.25) is 0 Å². The Bertz CT molecular complexity index is 874. The molecule has 28 heavy (non-hydrogen) atoms. The third kappa shape index (κ3) is 3.83. The van der Waals surface area contributed by atoms with Crippen molar-refractivity contribution in [2.45, 2.75) is 20.3 Å². The molecule has 7 nitrogen and oxygen atoms in total. The highest BCUT2D eigenvalue weighted by Gasteiger charge is 2.35. The van der Waals surface area contributed by atoms with Gasteiger partial charge in [-0.25, -0.2) is 0 Å². The number of benzene rings is 2. The highest BCUT2D eigenvalue weighted by molar-refractivity contribution is 6.21. The van der Waals surface area contributed by atoms with Gasteiger partial charge in [0.2, 0.25) is 5.91 Å². The molecule has 0 fully saturated rings. The maximum atomic E-state index is 12.4. The van der Waals surface area contributed by atoms with Gasteiger partial charge in [-0.3, -0.25) is 19.3 Å². The minimum absolute atomic E-state index is 0.00724. The topological polar surface area (TPSA) is 84.9 Å². The van der Waals surface area contributed by atoms with Gasteiger partial charge >= 0.3 is 0 Å². The Balaban J connectivity index is 1.66. The Morgan fingerprint density at radius 3 is 2.18 bits per heavy atom. The number of hydrogen-bond acceptors (Lipinski definition) is 5. The molecule has 146 valence electrons. The Hall–Kier alpha value is -3.35. The molecule has 0 atom stereocenters.